The zero-order valence-corrected chi connectivity index (χ0v) is 10.8. The second-order valence-electron chi connectivity index (χ2n) is 4.27. The van der Waals surface area contributed by atoms with Gasteiger partial charge >= 0.3 is 0 Å². The van der Waals surface area contributed by atoms with Gasteiger partial charge in [0.1, 0.15) is 0 Å². The molecule has 1 amide bonds. The van der Waals surface area contributed by atoms with Crippen molar-refractivity contribution >= 4 is 11.6 Å². The predicted octanol–water partition coefficient (Wildman–Crippen LogP) is 3.13. The summed E-state index contributed by atoms with van der Waals surface area (Å²) in [6.07, 6.45) is 4.16. The second-order valence-corrected chi connectivity index (χ2v) is 4.27. The molecule has 0 fully saturated rings. The maximum Gasteiger partial charge on any atom is 0.255 e. The van der Waals surface area contributed by atoms with Crippen LogP contribution in [0.25, 0.3) is 11.3 Å². The van der Waals surface area contributed by atoms with Crippen molar-refractivity contribution in [3.05, 3.63) is 66.7 Å². The Kier molecular flexibility index (Phi) is 3.42. The smallest absolute Gasteiger partial charge is 0.255 e. The number of anilines is 1. The number of nitrogens with zero attached hydrogens (tertiary/aromatic N) is 2. The molecule has 0 aliphatic heterocycles. The molecule has 0 saturated heterocycles. The summed E-state index contributed by atoms with van der Waals surface area (Å²) in [6.45, 7) is 0. The van der Waals surface area contributed by atoms with Gasteiger partial charge in [0.25, 0.3) is 5.91 Å². The fourth-order valence-corrected chi connectivity index (χ4v) is 1.86. The van der Waals surface area contributed by atoms with Crippen LogP contribution in [-0.4, -0.2) is 15.9 Å². The largest absolute Gasteiger partial charge is 0.444 e. The van der Waals surface area contributed by atoms with Crippen LogP contribution in [0.2, 0.25) is 0 Å². The summed E-state index contributed by atoms with van der Waals surface area (Å²) in [4.78, 5) is 19.3. The van der Waals surface area contributed by atoms with E-state index >= 15 is 0 Å². The molecule has 1 N–H and O–H groups in total. The Balaban J connectivity index is 1.82. The number of amides is 1. The van der Waals surface area contributed by atoms with Crippen molar-refractivity contribution in [2.24, 2.45) is 0 Å². The molecule has 2 heterocycles. The van der Waals surface area contributed by atoms with Crippen molar-refractivity contribution < 1.29 is 13.6 Å². The SMILES string of the molecule is O=C(Nc1cccc(-c2cnco2)c1)c1ccnc(F)c1. The van der Waals surface area contributed by atoms with Gasteiger partial charge in [0.05, 0.1) is 6.20 Å². The number of aromatic nitrogens is 2. The summed E-state index contributed by atoms with van der Waals surface area (Å²) in [7, 11) is 0. The van der Waals surface area contributed by atoms with Gasteiger partial charge in [-0.15, -0.1) is 0 Å². The molecule has 2 aromatic heterocycles. The highest BCUT2D eigenvalue weighted by molar-refractivity contribution is 6.04. The van der Waals surface area contributed by atoms with Crippen LogP contribution in [-0.2, 0) is 0 Å². The molecule has 0 radical (unpaired) electrons. The minimum absolute atomic E-state index is 0.201. The molecular weight excluding hydrogens is 273 g/mol. The number of pyridine rings is 1. The van der Waals surface area contributed by atoms with Crippen LogP contribution in [0.4, 0.5) is 10.1 Å². The topological polar surface area (TPSA) is 68.0 Å². The van der Waals surface area contributed by atoms with Gasteiger partial charge in [0, 0.05) is 29.1 Å². The number of carbonyl (C=O) groups is 1. The summed E-state index contributed by atoms with van der Waals surface area (Å²) < 4.78 is 18.2. The van der Waals surface area contributed by atoms with E-state index in [9.17, 15) is 9.18 Å². The Morgan fingerprint density at radius 3 is 2.90 bits per heavy atom. The van der Waals surface area contributed by atoms with E-state index in [1.54, 1.807) is 24.4 Å². The Hall–Kier alpha value is -3.02. The normalized spacial score (nSPS) is 10.3. The van der Waals surface area contributed by atoms with E-state index in [0.717, 1.165) is 11.6 Å². The van der Waals surface area contributed by atoms with Gasteiger partial charge in [-0.3, -0.25) is 4.79 Å². The molecule has 0 bridgehead atoms. The van der Waals surface area contributed by atoms with E-state index in [1.165, 1.54) is 18.7 Å². The van der Waals surface area contributed by atoms with Gasteiger partial charge in [-0.05, 0) is 18.2 Å². The van der Waals surface area contributed by atoms with Crippen molar-refractivity contribution in [2.75, 3.05) is 5.32 Å². The van der Waals surface area contributed by atoms with Gasteiger partial charge in [0.15, 0.2) is 12.2 Å². The zero-order valence-electron chi connectivity index (χ0n) is 10.8. The zero-order chi connectivity index (χ0) is 14.7. The number of benzene rings is 1. The first-order chi connectivity index (χ1) is 10.2. The van der Waals surface area contributed by atoms with Crippen LogP contribution in [0.3, 0.4) is 0 Å². The Morgan fingerprint density at radius 1 is 1.24 bits per heavy atom. The van der Waals surface area contributed by atoms with Crippen LogP contribution in [0.15, 0.2) is 59.6 Å². The molecule has 6 heteroatoms. The summed E-state index contributed by atoms with van der Waals surface area (Å²) in [5.41, 5.74) is 1.56. The fraction of sp³-hybridized carbons (Fsp3) is 0. The molecule has 0 atom stereocenters. The molecule has 0 spiro atoms. The van der Waals surface area contributed by atoms with Crippen LogP contribution in [0.1, 0.15) is 10.4 Å². The Morgan fingerprint density at radius 2 is 2.14 bits per heavy atom. The van der Waals surface area contributed by atoms with Crippen molar-refractivity contribution in [1.29, 1.82) is 0 Å². The quantitative estimate of drug-likeness (QED) is 0.750. The Labute approximate surface area is 119 Å². The lowest BCUT2D eigenvalue weighted by molar-refractivity contribution is 0.102. The Bertz CT molecular complexity index is 772. The first kappa shape index (κ1) is 13.0. The van der Waals surface area contributed by atoms with E-state index < -0.39 is 11.9 Å². The first-order valence-electron chi connectivity index (χ1n) is 6.14. The number of halogens is 1. The average molecular weight is 283 g/mol. The lowest BCUT2D eigenvalue weighted by Gasteiger charge is -2.06. The molecular formula is C15H10FN3O2. The molecule has 0 aliphatic carbocycles. The van der Waals surface area contributed by atoms with Crippen LogP contribution < -0.4 is 5.32 Å². The van der Waals surface area contributed by atoms with Crippen LogP contribution in [0.5, 0.6) is 0 Å². The third-order valence-corrected chi connectivity index (χ3v) is 2.83. The third-order valence-electron chi connectivity index (χ3n) is 2.83. The van der Waals surface area contributed by atoms with Crippen LogP contribution in [0, 0.1) is 5.95 Å². The van der Waals surface area contributed by atoms with Gasteiger partial charge in [-0.1, -0.05) is 12.1 Å². The standard InChI is InChI=1S/C15H10FN3O2/c16-14-7-11(4-5-18-14)15(20)19-12-3-1-2-10(6-12)13-8-17-9-21-13/h1-9H,(H,19,20). The molecule has 21 heavy (non-hydrogen) atoms. The molecule has 3 rings (SSSR count). The number of hydrogen-bond donors (Lipinski definition) is 1. The fourth-order valence-electron chi connectivity index (χ4n) is 1.86. The average Bonchev–Trinajstić information content (AvgIpc) is 3.02. The molecule has 1 aromatic carbocycles. The van der Waals surface area contributed by atoms with E-state index in [1.807, 2.05) is 6.07 Å². The lowest BCUT2D eigenvalue weighted by Crippen LogP contribution is -2.12. The molecule has 0 saturated carbocycles. The summed E-state index contributed by atoms with van der Waals surface area (Å²) in [5, 5.41) is 2.69. The molecule has 104 valence electrons. The second kappa shape index (κ2) is 5.54. The highest BCUT2D eigenvalue weighted by atomic mass is 19.1. The molecule has 0 aliphatic rings. The number of hydrogen-bond acceptors (Lipinski definition) is 4. The van der Waals surface area contributed by atoms with Crippen molar-refractivity contribution in [2.45, 2.75) is 0 Å². The summed E-state index contributed by atoms with van der Waals surface area (Å²) in [6, 6.07) is 9.61. The van der Waals surface area contributed by atoms with E-state index in [4.69, 9.17) is 4.42 Å². The van der Waals surface area contributed by atoms with Crippen molar-refractivity contribution in [1.82, 2.24) is 9.97 Å². The van der Waals surface area contributed by atoms with E-state index in [2.05, 4.69) is 15.3 Å². The number of oxazole rings is 1. The number of rotatable bonds is 3. The maximum atomic E-state index is 13.0. The first-order valence-corrected chi connectivity index (χ1v) is 6.14. The highest BCUT2D eigenvalue weighted by Gasteiger charge is 2.09. The van der Waals surface area contributed by atoms with Crippen molar-refractivity contribution in [3.63, 3.8) is 0 Å². The lowest BCUT2D eigenvalue weighted by atomic mass is 10.1. The van der Waals surface area contributed by atoms with Crippen LogP contribution >= 0.6 is 0 Å². The van der Waals surface area contributed by atoms with Gasteiger partial charge in [-0.2, -0.15) is 4.39 Å². The van der Waals surface area contributed by atoms with E-state index in [-0.39, 0.29) is 5.56 Å². The number of carbonyl (C=O) groups excluding carboxylic acids is 1. The maximum absolute atomic E-state index is 13.0. The van der Waals surface area contributed by atoms with Crippen molar-refractivity contribution in [3.8, 4) is 11.3 Å². The summed E-state index contributed by atoms with van der Waals surface area (Å²) >= 11 is 0. The predicted molar refractivity (Wildman–Crippen MR) is 74.1 cm³/mol. The minimum atomic E-state index is -0.696. The van der Waals surface area contributed by atoms with Gasteiger partial charge in [-0.25, -0.2) is 9.97 Å². The van der Waals surface area contributed by atoms with E-state index in [0.29, 0.717) is 11.4 Å². The number of nitrogens with one attached hydrogen (secondary N) is 1. The monoisotopic (exact) mass is 283 g/mol. The van der Waals surface area contributed by atoms with Gasteiger partial charge < -0.3 is 9.73 Å². The van der Waals surface area contributed by atoms with Gasteiger partial charge in [0.2, 0.25) is 5.95 Å². The molecule has 5 nitrogen and oxygen atoms in total. The third kappa shape index (κ3) is 2.94. The highest BCUT2D eigenvalue weighted by Crippen LogP contribution is 2.22. The summed E-state index contributed by atoms with van der Waals surface area (Å²) in [5.74, 6) is -0.509. The molecule has 3 aromatic rings. The minimum Gasteiger partial charge on any atom is -0.444 e. The molecule has 0 unspecified atom stereocenters.